The van der Waals surface area contributed by atoms with E-state index in [-0.39, 0.29) is 5.91 Å². The van der Waals surface area contributed by atoms with E-state index in [2.05, 4.69) is 88.7 Å². The van der Waals surface area contributed by atoms with Crippen molar-refractivity contribution in [1.82, 2.24) is 14.8 Å². The van der Waals surface area contributed by atoms with Crippen LogP contribution in [0.25, 0.3) is 21.8 Å². The van der Waals surface area contributed by atoms with Gasteiger partial charge in [0.15, 0.2) is 0 Å². The van der Waals surface area contributed by atoms with Gasteiger partial charge in [-0.15, -0.1) is 0 Å². The molecular weight excluding hydrogens is 394 g/mol. The van der Waals surface area contributed by atoms with Crippen LogP contribution in [-0.2, 0) is 11.2 Å². The minimum Gasteiger partial charge on any atom is -0.355 e. The number of hydrogen-bond acceptors (Lipinski definition) is 2. The Morgan fingerprint density at radius 3 is 1.78 bits per heavy atom. The van der Waals surface area contributed by atoms with Gasteiger partial charge < -0.3 is 9.88 Å². The maximum atomic E-state index is 11.2. The number of aromatic nitrogens is 1. The first kappa shape index (κ1) is 23.6. The normalized spacial score (nSPS) is 13.8. The van der Waals surface area contributed by atoms with Gasteiger partial charge >= 0.3 is 0 Å². The van der Waals surface area contributed by atoms with Crippen molar-refractivity contribution in [1.29, 1.82) is 0 Å². The van der Waals surface area contributed by atoms with Crippen molar-refractivity contribution in [2.45, 2.75) is 27.2 Å². The molecule has 0 aliphatic carbocycles. The van der Waals surface area contributed by atoms with Crippen molar-refractivity contribution in [3.8, 4) is 0 Å². The molecule has 1 amide bonds. The molecule has 0 unspecified atom stereocenters. The molecule has 3 aromatic carbocycles. The van der Waals surface area contributed by atoms with E-state index < -0.39 is 0 Å². The maximum Gasteiger partial charge on any atom is 0.219 e. The fraction of sp³-hybridized carbons (Fsp3) is 0.321. The highest BCUT2D eigenvalue weighted by Crippen LogP contribution is 2.24. The van der Waals surface area contributed by atoms with Crippen LogP contribution in [0.2, 0.25) is 0 Å². The van der Waals surface area contributed by atoms with Gasteiger partial charge in [0.05, 0.1) is 0 Å². The highest BCUT2D eigenvalue weighted by molar-refractivity contribution is 6.06. The minimum atomic E-state index is 0.202. The number of amides is 1. The third kappa shape index (κ3) is 6.21. The van der Waals surface area contributed by atoms with E-state index >= 15 is 0 Å². The molecule has 1 saturated heterocycles. The Bertz CT molecular complexity index is 1050. The smallest absolute Gasteiger partial charge is 0.219 e. The molecule has 1 aliphatic heterocycles. The summed E-state index contributed by atoms with van der Waals surface area (Å²) in [5.74, 6) is 0.202. The van der Waals surface area contributed by atoms with Crippen molar-refractivity contribution < 1.29 is 4.79 Å². The van der Waals surface area contributed by atoms with Gasteiger partial charge in [-0.2, -0.15) is 0 Å². The Labute approximate surface area is 191 Å². The Hall–Kier alpha value is -3.11. The molecule has 32 heavy (non-hydrogen) atoms. The van der Waals surface area contributed by atoms with Crippen LogP contribution < -0.4 is 0 Å². The minimum absolute atomic E-state index is 0.202. The number of piperazine rings is 1. The summed E-state index contributed by atoms with van der Waals surface area (Å²) in [6.45, 7) is 10.5. The lowest BCUT2D eigenvalue weighted by molar-refractivity contribution is -0.130. The second-order valence-electron chi connectivity index (χ2n) is 7.80. The lowest BCUT2D eigenvalue weighted by Gasteiger charge is -2.34. The van der Waals surface area contributed by atoms with Gasteiger partial charge in [0.1, 0.15) is 0 Å². The highest BCUT2D eigenvalue weighted by Gasteiger charge is 2.17. The molecule has 4 heteroatoms. The number of benzene rings is 3. The van der Waals surface area contributed by atoms with Crippen LogP contribution in [0.5, 0.6) is 0 Å². The molecule has 0 atom stereocenters. The van der Waals surface area contributed by atoms with Gasteiger partial charge in [0, 0.05) is 61.5 Å². The molecular formula is C28H35N3O. The first-order valence-corrected chi connectivity index (χ1v) is 11.7. The Balaban J connectivity index is 0.000000172. The monoisotopic (exact) mass is 429 g/mol. The van der Waals surface area contributed by atoms with Crippen LogP contribution in [0.15, 0.2) is 78.9 Å². The Morgan fingerprint density at radius 2 is 1.25 bits per heavy atom. The standard InChI is InChI=1S/C14H20N2O.C12H9N.C2H6/c1-13(17)16-11-9-15(10-12-16)8-7-14-5-3-2-4-6-14;1-3-7-11-9(5-1)10-6-2-4-8-12(10)13-11;1-2/h2-6H,7-12H2,1H3;1-8,13H;1-2H3. The van der Waals surface area contributed by atoms with Gasteiger partial charge in [-0.3, -0.25) is 9.69 Å². The summed E-state index contributed by atoms with van der Waals surface area (Å²) in [5.41, 5.74) is 3.81. The number of carbonyl (C=O) groups is 1. The molecule has 1 N–H and O–H groups in total. The van der Waals surface area contributed by atoms with Gasteiger partial charge in [-0.25, -0.2) is 0 Å². The fourth-order valence-electron chi connectivity index (χ4n) is 4.02. The summed E-state index contributed by atoms with van der Waals surface area (Å²) in [7, 11) is 0. The molecule has 0 bridgehead atoms. The zero-order valence-corrected chi connectivity index (χ0v) is 19.6. The van der Waals surface area contributed by atoms with Crippen LogP contribution in [0.1, 0.15) is 26.3 Å². The molecule has 1 aromatic heterocycles. The number of aromatic amines is 1. The summed E-state index contributed by atoms with van der Waals surface area (Å²) in [6, 6.07) is 27.3. The number of para-hydroxylation sites is 2. The molecule has 2 heterocycles. The third-order valence-corrected chi connectivity index (χ3v) is 5.79. The lowest BCUT2D eigenvalue weighted by Crippen LogP contribution is -2.48. The molecule has 0 spiro atoms. The number of hydrogen-bond donors (Lipinski definition) is 1. The van der Waals surface area contributed by atoms with Crippen molar-refractivity contribution in [3.05, 3.63) is 84.4 Å². The summed E-state index contributed by atoms with van der Waals surface area (Å²) in [5, 5.41) is 2.61. The number of H-pyrrole nitrogens is 1. The molecule has 5 rings (SSSR count). The number of fused-ring (bicyclic) bond motifs is 3. The Kier molecular flexibility index (Phi) is 8.88. The maximum absolute atomic E-state index is 11.2. The molecule has 168 valence electrons. The van der Waals surface area contributed by atoms with E-state index in [1.807, 2.05) is 18.7 Å². The van der Waals surface area contributed by atoms with E-state index in [0.29, 0.717) is 0 Å². The van der Waals surface area contributed by atoms with Crippen LogP contribution >= 0.6 is 0 Å². The second kappa shape index (κ2) is 12.1. The largest absolute Gasteiger partial charge is 0.355 e. The predicted molar refractivity (Wildman–Crippen MR) is 136 cm³/mol. The van der Waals surface area contributed by atoms with Gasteiger partial charge in [0.2, 0.25) is 5.91 Å². The predicted octanol–water partition coefficient (Wildman–Crippen LogP) is 5.74. The number of nitrogens with one attached hydrogen (secondary N) is 1. The number of carbonyl (C=O) groups excluding carboxylic acids is 1. The summed E-state index contributed by atoms with van der Waals surface area (Å²) in [4.78, 5) is 18.9. The quantitative estimate of drug-likeness (QED) is 0.451. The zero-order valence-electron chi connectivity index (χ0n) is 19.6. The highest BCUT2D eigenvalue weighted by atomic mass is 16.2. The van der Waals surface area contributed by atoms with E-state index in [9.17, 15) is 4.79 Å². The summed E-state index contributed by atoms with van der Waals surface area (Å²) >= 11 is 0. The fourth-order valence-corrected chi connectivity index (χ4v) is 4.02. The number of rotatable bonds is 3. The van der Waals surface area contributed by atoms with Crippen molar-refractivity contribution >= 4 is 27.7 Å². The molecule has 1 aliphatic rings. The van der Waals surface area contributed by atoms with Crippen molar-refractivity contribution in [2.75, 3.05) is 32.7 Å². The van der Waals surface area contributed by atoms with Crippen LogP contribution in [0.3, 0.4) is 0 Å². The van der Waals surface area contributed by atoms with Crippen LogP contribution in [0, 0.1) is 0 Å². The van der Waals surface area contributed by atoms with E-state index in [1.165, 1.54) is 27.4 Å². The van der Waals surface area contributed by atoms with Crippen molar-refractivity contribution in [2.24, 2.45) is 0 Å². The van der Waals surface area contributed by atoms with Gasteiger partial charge in [0.25, 0.3) is 0 Å². The third-order valence-electron chi connectivity index (χ3n) is 5.79. The first-order chi connectivity index (χ1) is 15.7. The molecule has 4 aromatic rings. The van der Waals surface area contributed by atoms with Crippen molar-refractivity contribution in [3.63, 3.8) is 0 Å². The summed E-state index contributed by atoms with van der Waals surface area (Å²) in [6.07, 6.45) is 1.10. The molecule has 0 saturated carbocycles. The van der Waals surface area contributed by atoms with E-state index in [4.69, 9.17) is 0 Å². The lowest BCUT2D eigenvalue weighted by atomic mass is 10.1. The molecule has 0 radical (unpaired) electrons. The van der Waals surface area contributed by atoms with Gasteiger partial charge in [-0.1, -0.05) is 80.6 Å². The number of nitrogens with zero attached hydrogens (tertiary/aromatic N) is 2. The topological polar surface area (TPSA) is 39.3 Å². The van der Waals surface area contributed by atoms with E-state index in [0.717, 1.165) is 39.1 Å². The SMILES string of the molecule is CC.CC(=O)N1CCN(CCc2ccccc2)CC1.c1ccc2c(c1)[nH]c1ccccc12. The first-order valence-electron chi connectivity index (χ1n) is 11.7. The summed E-state index contributed by atoms with van der Waals surface area (Å²) < 4.78 is 0. The average Bonchev–Trinajstić information content (AvgIpc) is 3.24. The van der Waals surface area contributed by atoms with E-state index in [1.54, 1.807) is 6.92 Å². The van der Waals surface area contributed by atoms with Crippen LogP contribution in [0.4, 0.5) is 0 Å². The zero-order chi connectivity index (χ0) is 22.8. The molecule has 1 fully saturated rings. The second-order valence-corrected chi connectivity index (χ2v) is 7.80. The van der Waals surface area contributed by atoms with Gasteiger partial charge in [-0.05, 0) is 24.1 Å². The average molecular weight is 430 g/mol. The van der Waals surface area contributed by atoms with Crippen LogP contribution in [-0.4, -0.2) is 53.4 Å². The Morgan fingerprint density at radius 1 is 0.750 bits per heavy atom. The molecule has 4 nitrogen and oxygen atoms in total.